The molecule has 2 fully saturated rings. The Hall–Kier alpha value is -2.54. The van der Waals surface area contributed by atoms with Gasteiger partial charge in [-0.25, -0.2) is 8.42 Å². The third kappa shape index (κ3) is 2.16. The SMILES string of the molecule is COc1cc2c(cc1N1C(=O)CC3CS(=O)(=O)CC31)oc1ccccc12. The predicted molar refractivity (Wildman–Crippen MR) is 98.3 cm³/mol. The van der Waals surface area contributed by atoms with E-state index in [1.807, 2.05) is 30.3 Å². The Morgan fingerprint density at radius 3 is 2.73 bits per heavy atom. The first kappa shape index (κ1) is 15.7. The van der Waals surface area contributed by atoms with Crippen molar-refractivity contribution in [1.82, 2.24) is 0 Å². The number of benzene rings is 2. The zero-order valence-corrected chi connectivity index (χ0v) is 15.0. The molecular formula is C19H17NO5S. The predicted octanol–water partition coefficient (Wildman–Crippen LogP) is 2.74. The summed E-state index contributed by atoms with van der Waals surface area (Å²) in [5.74, 6) is 0.411. The fraction of sp³-hybridized carbons (Fsp3) is 0.316. The second-order valence-electron chi connectivity index (χ2n) is 6.99. The molecule has 26 heavy (non-hydrogen) atoms. The summed E-state index contributed by atoms with van der Waals surface area (Å²) in [4.78, 5) is 14.2. The Bertz CT molecular complexity index is 1160. The molecule has 0 bridgehead atoms. The number of amides is 1. The van der Waals surface area contributed by atoms with E-state index >= 15 is 0 Å². The summed E-state index contributed by atoms with van der Waals surface area (Å²) in [7, 11) is -1.56. The van der Waals surface area contributed by atoms with Crippen LogP contribution in [0, 0.1) is 5.92 Å². The number of fused-ring (bicyclic) bond motifs is 4. The third-order valence-electron chi connectivity index (χ3n) is 5.41. The Morgan fingerprint density at radius 2 is 1.92 bits per heavy atom. The fourth-order valence-electron chi connectivity index (χ4n) is 4.29. The van der Waals surface area contributed by atoms with Crippen molar-refractivity contribution in [2.24, 2.45) is 5.92 Å². The Balaban J connectivity index is 1.70. The number of anilines is 1. The highest BCUT2D eigenvalue weighted by molar-refractivity contribution is 7.91. The van der Waals surface area contributed by atoms with Gasteiger partial charge in [-0.15, -0.1) is 0 Å². The molecule has 2 unspecified atom stereocenters. The molecule has 134 valence electrons. The van der Waals surface area contributed by atoms with Crippen LogP contribution in [0.5, 0.6) is 5.75 Å². The quantitative estimate of drug-likeness (QED) is 0.692. The summed E-state index contributed by atoms with van der Waals surface area (Å²) in [5.41, 5.74) is 1.99. The van der Waals surface area contributed by atoms with E-state index in [2.05, 4.69) is 0 Å². The average molecular weight is 371 g/mol. The summed E-state index contributed by atoms with van der Waals surface area (Å²) >= 11 is 0. The highest BCUT2D eigenvalue weighted by Gasteiger charge is 2.50. The van der Waals surface area contributed by atoms with E-state index in [4.69, 9.17) is 9.15 Å². The van der Waals surface area contributed by atoms with Crippen molar-refractivity contribution in [2.45, 2.75) is 12.5 Å². The van der Waals surface area contributed by atoms with Gasteiger partial charge in [0.15, 0.2) is 9.84 Å². The normalized spacial score (nSPS) is 24.5. The molecule has 0 saturated carbocycles. The number of furan rings is 1. The number of ether oxygens (including phenoxy) is 1. The summed E-state index contributed by atoms with van der Waals surface area (Å²) in [5, 5.41) is 1.88. The van der Waals surface area contributed by atoms with Crippen LogP contribution in [0.15, 0.2) is 40.8 Å². The molecule has 0 spiro atoms. The highest BCUT2D eigenvalue weighted by Crippen LogP contribution is 2.44. The first-order chi connectivity index (χ1) is 12.5. The minimum Gasteiger partial charge on any atom is -0.495 e. The number of para-hydroxylation sites is 1. The molecule has 2 aromatic carbocycles. The Kier molecular flexibility index (Phi) is 3.16. The Labute approximate surface area is 150 Å². The molecule has 7 heteroatoms. The molecule has 0 aliphatic carbocycles. The topological polar surface area (TPSA) is 76.8 Å². The van der Waals surface area contributed by atoms with Gasteiger partial charge in [0.25, 0.3) is 0 Å². The maximum Gasteiger partial charge on any atom is 0.227 e. The average Bonchev–Trinajstić information content (AvgIpc) is 3.19. The molecule has 6 nitrogen and oxygen atoms in total. The van der Waals surface area contributed by atoms with Crippen LogP contribution in [0.2, 0.25) is 0 Å². The molecule has 1 aromatic heterocycles. The lowest BCUT2D eigenvalue weighted by molar-refractivity contribution is -0.117. The van der Waals surface area contributed by atoms with E-state index < -0.39 is 9.84 Å². The first-order valence-electron chi connectivity index (χ1n) is 8.48. The maximum atomic E-state index is 12.6. The van der Waals surface area contributed by atoms with Crippen LogP contribution in [0.3, 0.4) is 0 Å². The lowest BCUT2D eigenvalue weighted by Gasteiger charge is -2.25. The van der Waals surface area contributed by atoms with Gasteiger partial charge in [-0.3, -0.25) is 4.79 Å². The van der Waals surface area contributed by atoms with Gasteiger partial charge < -0.3 is 14.1 Å². The molecule has 0 radical (unpaired) electrons. The molecule has 2 aliphatic rings. The molecule has 2 saturated heterocycles. The van der Waals surface area contributed by atoms with Crippen molar-refractivity contribution < 1.29 is 22.4 Å². The molecule has 0 N–H and O–H groups in total. The molecule has 3 aromatic rings. The second-order valence-corrected chi connectivity index (χ2v) is 9.14. The van der Waals surface area contributed by atoms with Crippen LogP contribution in [0.25, 0.3) is 21.9 Å². The molecule has 1 amide bonds. The number of carbonyl (C=O) groups excluding carboxylic acids is 1. The van der Waals surface area contributed by atoms with E-state index in [1.54, 1.807) is 18.1 Å². The van der Waals surface area contributed by atoms with Crippen molar-refractivity contribution in [2.75, 3.05) is 23.5 Å². The van der Waals surface area contributed by atoms with Crippen LogP contribution in [0.1, 0.15) is 6.42 Å². The van der Waals surface area contributed by atoms with Crippen molar-refractivity contribution in [3.8, 4) is 5.75 Å². The fourth-order valence-corrected chi connectivity index (χ4v) is 6.36. The molecule has 2 atom stereocenters. The van der Waals surface area contributed by atoms with E-state index in [1.165, 1.54) is 0 Å². The van der Waals surface area contributed by atoms with Gasteiger partial charge in [-0.1, -0.05) is 18.2 Å². The van der Waals surface area contributed by atoms with E-state index in [-0.39, 0.29) is 35.8 Å². The van der Waals surface area contributed by atoms with Crippen LogP contribution < -0.4 is 9.64 Å². The van der Waals surface area contributed by atoms with Gasteiger partial charge in [0.05, 0.1) is 30.3 Å². The zero-order chi connectivity index (χ0) is 18.1. The van der Waals surface area contributed by atoms with E-state index in [9.17, 15) is 13.2 Å². The van der Waals surface area contributed by atoms with Crippen LogP contribution in [-0.4, -0.2) is 39.0 Å². The van der Waals surface area contributed by atoms with E-state index in [0.29, 0.717) is 17.0 Å². The second kappa shape index (κ2) is 5.23. The lowest BCUT2D eigenvalue weighted by atomic mass is 10.0. The van der Waals surface area contributed by atoms with Gasteiger partial charge in [0.2, 0.25) is 5.91 Å². The minimum absolute atomic E-state index is 0.00469. The third-order valence-corrected chi connectivity index (χ3v) is 7.20. The zero-order valence-electron chi connectivity index (χ0n) is 14.1. The largest absolute Gasteiger partial charge is 0.495 e. The van der Waals surface area contributed by atoms with Crippen molar-refractivity contribution in [1.29, 1.82) is 0 Å². The number of rotatable bonds is 2. The van der Waals surface area contributed by atoms with Gasteiger partial charge in [-0.2, -0.15) is 0 Å². The Morgan fingerprint density at radius 1 is 1.12 bits per heavy atom. The van der Waals surface area contributed by atoms with Gasteiger partial charge in [0, 0.05) is 29.2 Å². The summed E-state index contributed by atoms with van der Waals surface area (Å²) in [6, 6.07) is 11.0. The minimum atomic E-state index is -3.11. The summed E-state index contributed by atoms with van der Waals surface area (Å²) in [6.07, 6.45) is 0.255. The van der Waals surface area contributed by atoms with Gasteiger partial charge in [0.1, 0.15) is 16.9 Å². The van der Waals surface area contributed by atoms with Crippen LogP contribution >= 0.6 is 0 Å². The van der Waals surface area contributed by atoms with E-state index in [0.717, 1.165) is 16.4 Å². The van der Waals surface area contributed by atoms with Crippen LogP contribution in [0.4, 0.5) is 5.69 Å². The number of hydrogen-bond acceptors (Lipinski definition) is 5. The molecule has 2 aliphatic heterocycles. The summed E-state index contributed by atoms with van der Waals surface area (Å²) in [6.45, 7) is 0. The smallest absolute Gasteiger partial charge is 0.227 e. The first-order valence-corrected chi connectivity index (χ1v) is 10.3. The van der Waals surface area contributed by atoms with Gasteiger partial charge in [-0.05, 0) is 12.1 Å². The monoisotopic (exact) mass is 371 g/mol. The van der Waals surface area contributed by atoms with Crippen molar-refractivity contribution >= 4 is 43.4 Å². The van der Waals surface area contributed by atoms with Crippen molar-refractivity contribution in [3.05, 3.63) is 36.4 Å². The number of hydrogen-bond donors (Lipinski definition) is 0. The standard InChI is InChI=1S/C19H17NO5S/c1-24-18-7-13-12-4-2-3-5-16(12)25-17(13)8-14(18)20-15-10-26(22,23)9-11(15)6-19(20)21/h2-5,7-8,11,15H,6,9-10H2,1H3. The lowest BCUT2D eigenvalue weighted by Crippen LogP contribution is -2.36. The number of sulfone groups is 1. The molecule has 3 heterocycles. The van der Waals surface area contributed by atoms with Crippen LogP contribution in [-0.2, 0) is 14.6 Å². The van der Waals surface area contributed by atoms with Crippen molar-refractivity contribution in [3.63, 3.8) is 0 Å². The number of nitrogens with zero attached hydrogens (tertiary/aromatic N) is 1. The molecular weight excluding hydrogens is 354 g/mol. The highest BCUT2D eigenvalue weighted by atomic mass is 32.2. The number of methoxy groups -OCH3 is 1. The number of carbonyl (C=O) groups is 1. The van der Waals surface area contributed by atoms with Gasteiger partial charge >= 0.3 is 0 Å². The molecule has 5 rings (SSSR count). The summed E-state index contributed by atoms with van der Waals surface area (Å²) < 4.78 is 35.5. The maximum absolute atomic E-state index is 12.6.